The summed E-state index contributed by atoms with van der Waals surface area (Å²) >= 11 is 11.3. The molecule has 0 saturated carbocycles. The van der Waals surface area contributed by atoms with Crippen molar-refractivity contribution in [2.75, 3.05) is 5.32 Å². The van der Waals surface area contributed by atoms with E-state index in [-0.39, 0.29) is 11.6 Å². The highest BCUT2D eigenvalue weighted by Crippen LogP contribution is 2.30. The third-order valence-electron chi connectivity index (χ3n) is 4.40. The quantitative estimate of drug-likeness (QED) is 0.396. The van der Waals surface area contributed by atoms with Gasteiger partial charge < -0.3 is 16.0 Å². The Hall–Kier alpha value is -2.97. The molecular formula is C19H17ClN4O3S. The fourth-order valence-corrected chi connectivity index (χ4v) is 3.39. The summed E-state index contributed by atoms with van der Waals surface area (Å²) in [7, 11) is 0. The van der Waals surface area contributed by atoms with Crippen LogP contribution in [0.2, 0.25) is 5.02 Å². The van der Waals surface area contributed by atoms with E-state index in [1.807, 2.05) is 13.0 Å². The summed E-state index contributed by atoms with van der Waals surface area (Å²) in [6, 6.07) is 10.7. The van der Waals surface area contributed by atoms with Crippen molar-refractivity contribution in [3.05, 3.63) is 80.0 Å². The number of amides is 1. The van der Waals surface area contributed by atoms with E-state index in [2.05, 4.69) is 16.0 Å². The number of anilines is 1. The molecule has 28 heavy (non-hydrogen) atoms. The summed E-state index contributed by atoms with van der Waals surface area (Å²) in [6.07, 6.45) is 0. The molecule has 0 bridgehead atoms. The fraction of sp³-hybridized carbons (Fsp3) is 0.158. The Kier molecular flexibility index (Phi) is 5.62. The molecule has 1 heterocycles. The number of carbonyl (C=O) groups excluding carboxylic acids is 1. The van der Waals surface area contributed by atoms with E-state index in [0.717, 1.165) is 5.56 Å². The summed E-state index contributed by atoms with van der Waals surface area (Å²) < 4.78 is 0. The smallest absolute Gasteiger partial charge is 0.269 e. The van der Waals surface area contributed by atoms with Crippen molar-refractivity contribution in [1.29, 1.82) is 0 Å². The first-order valence-corrected chi connectivity index (χ1v) is 9.15. The van der Waals surface area contributed by atoms with E-state index in [1.165, 1.54) is 12.1 Å². The van der Waals surface area contributed by atoms with Crippen LogP contribution in [0.1, 0.15) is 24.1 Å². The number of nitrogens with zero attached hydrogens (tertiary/aromatic N) is 1. The van der Waals surface area contributed by atoms with Gasteiger partial charge in [-0.3, -0.25) is 14.9 Å². The predicted molar refractivity (Wildman–Crippen MR) is 112 cm³/mol. The van der Waals surface area contributed by atoms with Gasteiger partial charge in [0.1, 0.15) is 0 Å². The fourth-order valence-electron chi connectivity index (χ4n) is 2.95. The maximum atomic E-state index is 13.1. The second-order valence-corrected chi connectivity index (χ2v) is 7.18. The molecule has 1 amide bonds. The Morgan fingerprint density at radius 3 is 2.54 bits per heavy atom. The van der Waals surface area contributed by atoms with Crippen LogP contribution in [0.5, 0.6) is 0 Å². The monoisotopic (exact) mass is 416 g/mol. The van der Waals surface area contributed by atoms with Gasteiger partial charge in [0, 0.05) is 28.5 Å². The van der Waals surface area contributed by atoms with Gasteiger partial charge in [0.25, 0.3) is 11.6 Å². The lowest BCUT2D eigenvalue weighted by Gasteiger charge is -2.30. The molecule has 2 aromatic rings. The minimum Gasteiger partial charge on any atom is -0.351 e. The summed E-state index contributed by atoms with van der Waals surface area (Å²) in [5, 5.41) is 20.7. The second kappa shape index (κ2) is 7.95. The number of rotatable bonds is 4. The first-order valence-electron chi connectivity index (χ1n) is 8.36. The lowest BCUT2D eigenvalue weighted by atomic mass is 9.94. The van der Waals surface area contributed by atoms with Crippen LogP contribution in [-0.4, -0.2) is 15.9 Å². The molecule has 3 rings (SSSR count). The van der Waals surface area contributed by atoms with Crippen LogP contribution in [0.15, 0.2) is 53.7 Å². The molecule has 144 valence electrons. The normalized spacial score (nSPS) is 16.2. The Morgan fingerprint density at radius 2 is 1.89 bits per heavy atom. The Bertz CT molecular complexity index is 1000. The highest BCUT2D eigenvalue weighted by Gasteiger charge is 2.30. The van der Waals surface area contributed by atoms with Crippen molar-refractivity contribution in [3.63, 3.8) is 0 Å². The van der Waals surface area contributed by atoms with Crippen LogP contribution >= 0.6 is 23.8 Å². The third-order valence-corrected chi connectivity index (χ3v) is 4.85. The minimum atomic E-state index is -0.547. The number of aryl methyl sites for hydroxylation is 1. The first kappa shape index (κ1) is 19.8. The molecule has 1 aliphatic heterocycles. The number of halogens is 1. The average Bonchev–Trinajstić information content (AvgIpc) is 2.64. The maximum Gasteiger partial charge on any atom is 0.269 e. The van der Waals surface area contributed by atoms with Gasteiger partial charge in [0.15, 0.2) is 5.11 Å². The number of nitro groups is 1. The van der Waals surface area contributed by atoms with Gasteiger partial charge in [-0.25, -0.2) is 0 Å². The molecule has 7 nitrogen and oxygen atoms in total. The van der Waals surface area contributed by atoms with Crippen molar-refractivity contribution in [1.82, 2.24) is 10.6 Å². The third kappa shape index (κ3) is 4.13. The van der Waals surface area contributed by atoms with Gasteiger partial charge >= 0.3 is 0 Å². The van der Waals surface area contributed by atoms with E-state index < -0.39 is 11.0 Å². The Balaban J connectivity index is 1.96. The highest BCUT2D eigenvalue weighted by molar-refractivity contribution is 7.80. The molecule has 0 aliphatic carbocycles. The molecule has 1 atom stereocenters. The largest absolute Gasteiger partial charge is 0.351 e. The Labute approximate surface area is 171 Å². The molecule has 9 heteroatoms. The van der Waals surface area contributed by atoms with Crippen molar-refractivity contribution in [2.24, 2.45) is 0 Å². The molecule has 0 fully saturated rings. The van der Waals surface area contributed by atoms with E-state index in [1.54, 1.807) is 31.2 Å². The number of non-ortho nitro benzene ring substituents is 1. The van der Waals surface area contributed by atoms with E-state index in [9.17, 15) is 14.9 Å². The van der Waals surface area contributed by atoms with E-state index >= 15 is 0 Å². The van der Waals surface area contributed by atoms with Crippen LogP contribution in [0, 0.1) is 17.0 Å². The zero-order valence-corrected chi connectivity index (χ0v) is 16.6. The molecule has 1 aliphatic rings. The highest BCUT2D eigenvalue weighted by atomic mass is 35.5. The molecule has 0 aromatic heterocycles. The first-order chi connectivity index (χ1) is 13.3. The molecular weight excluding hydrogens is 400 g/mol. The number of carbonyl (C=O) groups is 1. The van der Waals surface area contributed by atoms with Crippen LogP contribution in [0.25, 0.3) is 0 Å². The lowest BCUT2D eigenvalue weighted by molar-refractivity contribution is -0.384. The molecule has 2 aromatic carbocycles. The SMILES string of the molecule is CC1=C(C(=O)Nc2cc(Cl)ccc2C)[C@H](c2ccc([N+](=O)[O-])cc2)NC(=S)N1. The van der Waals surface area contributed by atoms with Crippen molar-refractivity contribution in [2.45, 2.75) is 19.9 Å². The van der Waals surface area contributed by atoms with Gasteiger partial charge in [-0.05, 0) is 61.5 Å². The van der Waals surface area contributed by atoms with Gasteiger partial charge in [-0.1, -0.05) is 17.7 Å². The number of hydrogen-bond acceptors (Lipinski definition) is 4. The topological polar surface area (TPSA) is 96.3 Å². The van der Waals surface area contributed by atoms with Crippen molar-refractivity contribution in [3.8, 4) is 0 Å². The number of nitro benzene ring substituents is 1. The number of allylic oxidation sites excluding steroid dienone is 1. The minimum absolute atomic E-state index is 0.0264. The van der Waals surface area contributed by atoms with Crippen LogP contribution in [0.3, 0.4) is 0 Å². The van der Waals surface area contributed by atoms with Gasteiger partial charge in [-0.2, -0.15) is 0 Å². The molecule has 0 saturated heterocycles. The van der Waals surface area contributed by atoms with Crippen molar-refractivity contribution >= 4 is 46.2 Å². The average molecular weight is 417 g/mol. The number of nitrogens with one attached hydrogen (secondary N) is 3. The van der Waals surface area contributed by atoms with E-state index in [4.69, 9.17) is 23.8 Å². The van der Waals surface area contributed by atoms with Crippen LogP contribution in [0.4, 0.5) is 11.4 Å². The maximum absolute atomic E-state index is 13.1. The number of hydrogen-bond donors (Lipinski definition) is 3. The second-order valence-electron chi connectivity index (χ2n) is 6.33. The van der Waals surface area contributed by atoms with Gasteiger partial charge in [0.05, 0.1) is 16.5 Å². The standard InChI is InChI=1S/C19H17ClN4O3S/c1-10-3-6-13(20)9-15(10)22-18(25)16-11(2)21-19(28)23-17(16)12-4-7-14(8-5-12)24(26)27/h3-9,17H,1-2H3,(H,22,25)(H2,21,23,28)/t17-/m0/s1. The van der Waals surface area contributed by atoms with Crippen LogP contribution < -0.4 is 16.0 Å². The van der Waals surface area contributed by atoms with Gasteiger partial charge in [0.2, 0.25) is 0 Å². The molecule has 0 radical (unpaired) electrons. The van der Waals surface area contributed by atoms with E-state index in [0.29, 0.717) is 32.7 Å². The molecule has 3 N–H and O–H groups in total. The van der Waals surface area contributed by atoms with Gasteiger partial charge in [-0.15, -0.1) is 0 Å². The summed E-state index contributed by atoms with van der Waals surface area (Å²) in [5.74, 6) is -0.325. The summed E-state index contributed by atoms with van der Waals surface area (Å²) in [6.45, 7) is 3.62. The predicted octanol–water partition coefficient (Wildman–Crippen LogP) is 3.99. The zero-order chi connectivity index (χ0) is 20.4. The molecule has 0 unspecified atom stereocenters. The number of benzene rings is 2. The summed E-state index contributed by atoms with van der Waals surface area (Å²) in [5.41, 5.74) is 3.16. The van der Waals surface area contributed by atoms with Crippen molar-refractivity contribution < 1.29 is 9.72 Å². The lowest BCUT2D eigenvalue weighted by Crippen LogP contribution is -2.45. The molecule has 0 spiro atoms. The Morgan fingerprint density at radius 1 is 1.21 bits per heavy atom. The number of thiocarbonyl (C=S) groups is 1. The zero-order valence-electron chi connectivity index (χ0n) is 15.1. The summed E-state index contributed by atoms with van der Waals surface area (Å²) in [4.78, 5) is 23.5. The van der Waals surface area contributed by atoms with Crippen LogP contribution in [-0.2, 0) is 4.79 Å².